The van der Waals surface area contributed by atoms with Crippen molar-refractivity contribution in [1.29, 1.82) is 5.26 Å². The lowest BCUT2D eigenvalue weighted by atomic mass is 9.96. The number of piperidine rings is 1. The molecule has 3 heterocycles. The number of carbonyl (C=O) groups excluding carboxylic acids is 3. The van der Waals surface area contributed by atoms with Gasteiger partial charge in [-0.1, -0.05) is 42.5 Å². The lowest BCUT2D eigenvalue weighted by Gasteiger charge is -2.34. The summed E-state index contributed by atoms with van der Waals surface area (Å²) >= 11 is 1.34. The average Bonchev–Trinajstić information content (AvgIpc) is 3.58. The molecule has 1 unspecified atom stereocenters. The minimum atomic E-state index is -0.622. The van der Waals surface area contributed by atoms with Crippen LogP contribution in [0.4, 0.5) is 10.6 Å². The third-order valence-corrected chi connectivity index (χ3v) is 9.47. The number of pyridine rings is 1. The number of rotatable bonds is 9. The van der Waals surface area contributed by atoms with Crippen LogP contribution < -0.4 is 15.4 Å². The van der Waals surface area contributed by atoms with Gasteiger partial charge >= 0.3 is 6.09 Å². The van der Waals surface area contributed by atoms with Crippen LogP contribution >= 0.6 is 11.3 Å². The third kappa shape index (κ3) is 8.39. The number of carbonyl (C=O) groups is 3. The molecule has 0 bridgehead atoms. The molecule has 3 amide bonds. The number of hydrogen-bond acceptors (Lipinski definition) is 9. The Hall–Kier alpha value is -5.77. The van der Waals surface area contributed by atoms with Crippen LogP contribution in [0.25, 0.3) is 32.5 Å². The van der Waals surface area contributed by atoms with Crippen LogP contribution in [0.15, 0.2) is 84.9 Å². The maximum atomic E-state index is 13.6. The number of amides is 3. The first-order valence-electron chi connectivity index (χ1n) is 16.9. The van der Waals surface area contributed by atoms with Crippen molar-refractivity contribution >= 4 is 45.1 Å². The summed E-state index contributed by atoms with van der Waals surface area (Å²) in [6.07, 6.45) is 1.03. The number of benzene rings is 3. The molecule has 0 aliphatic carbocycles. The number of hydrogen-bond donors (Lipinski definition) is 2. The molecule has 1 aliphatic rings. The van der Waals surface area contributed by atoms with Crippen LogP contribution in [0.2, 0.25) is 0 Å². The zero-order valence-corrected chi connectivity index (χ0v) is 30.2. The fraction of sp³-hybridized carbons (Fsp3) is 0.275. The number of nitriles is 1. The summed E-state index contributed by atoms with van der Waals surface area (Å²) in [7, 11) is 1.52. The molecule has 1 saturated heterocycles. The van der Waals surface area contributed by atoms with Crippen LogP contribution in [0.3, 0.4) is 0 Å². The first kappa shape index (κ1) is 36.0. The van der Waals surface area contributed by atoms with Gasteiger partial charge in [-0.25, -0.2) is 9.78 Å². The molecule has 1 atom stereocenters. The molecule has 0 saturated carbocycles. The van der Waals surface area contributed by atoms with Gasteiger partial charge in [-0.3, -0.25) is 9.59 Å². The van der Waals surface area contributed by atoms with E-state index in [1.807, 2.05) is 63.2 Å². The van der Waals surface area contributed by atoms with Gasteiger partial charge < -0.3 is 29.7 Å². The number of ether oxygens (including phenoxy) is 3. The average molecular weight is 718 g/mol. The molecule has 1 aliphatic heterocycles. The highest BCUT2D eigenvalue weighted by Crippen LogP contribution is 2.37. The van der Waals surface area contributed by atoms with Gasteiger partial charge in [0, 0.05) is 47.6 Å². The maximum Gasteiger partial charge on any atom is 0.410 e. The predicted octanol–water partition coefficient (Wildman–Crippen LogP) is 7.87. The van der Waals surface area contributed by atoms with Crippen molar-refractivity contribution in [1.82, 2.24) is 15.2 Å². The monoisotopic (exact) mass is 717 g/mol. The van der Waals surface area contributed by atoms with Gasteiger partial charge in [-0.15, -0.1) is 11.3 Å². The van der Waals surface area contributed by atoms with E-state index in [1.54, 1.807) is 47.4 Å². The number of aromatic nitrogens is 1. The Balaban J connectivity index is 1.34. The first-order valence-corrected chi connectivity index (χ1v) is 17.7. The molecule has 3 aromatic carbocycles. The minimum absolute atomic E-state index is 0.00334. The molecule has 266 valence electrons. The zero-order valence-electron chi connectivity index (χ0n) is 29.4. The molecule has 2 aromatic heterocycles. The lowest BCUT2D eigenvalue weighted by molar-refractivity contribution is 0.0185. The number of nitrogens with one attached hydrogen (secondary N) is 2. The largest absolute Gasteiger partial charge is 0.467 e. The molecule has 2 N–H and O–H groups in total. The van der Waals surface area contributed by atoms with Gasteiger partial charge in [-0.2, -0.15) is 5.26 Å². The van der Waals surface area contributed by atoms with Crippen molar-refractivity contribution < 1.29 is 28.6 Å². The standard InChI is InChI=1S/C40H39N5O6S/c1-40(2,3)51-39(48)45-18-10-14-28(23-45)42-37(46)27-13-9-12-25(19-27)30-21-32(29-15-6-7-16-33(29)50-24-49-4)43-36(31(30)22-41)44-38(47)35-20-26-11-5-8-17-34(26)52-35/h5-9,11-13,15-17,19-21,28H,10,14,18,23-24H2,1-4H3,(H,42,46)(H,43,44,47). The molecule has 0 radical (unpaired) electrons. The molecule has 12 heteroatoms. The number of para-hydroxylation sites is 1. The summed E-state index contributed by atoms with van der Waals surface area (Å²) in [6, 6.07) is 27.4. The van der Waals surface area contributed by atoms with E-state index in [2.05, 4.69) is 16.7 Å². The van der Waals surface area contributed by atoms with Gasteiger partial charge in [0.25, 0.3) is 11.8 Å². The third-order valence-electron chi connectivity index (χ3n) is 8.35. The van der Waals surface area contributed by atoms with E-state index in [0.717, 1.165) is 16.5 Å². The summed E-state index contributed by atoms with van der Waals surface area (Å²) in [6.45, 7) is 6.35. The maximum absolute atomic E-state index is 13.6. The van der Waals surface area contributed by atoms with Gasteiger partial charge in [0.2, 0.25) is 0 Å². The van der Waals surface area contributed by atoms with Crippen molar-refractivity contribution in [3.8, 4) is 34.2 Å². The van der Waals surface area contributed by atoms with E-state index in [1.165, 1.54) is 18.4 Å². The molecular formula is C40H39N5O6S. The van der Waals surface area contributed by atoms with E-state index in [0.29, 0.717) is 58.1 Å². The van der Waals surface area contributed by atoms with Gasteiger partial charge in [0.1, 0.15) is 23.0 Å². The molecule has 5 aromatic rings. The fourth-order valence-corrected chi connectivity index (χ4v) is 6.95. The Kier molecular flexibility index (Phi) is 10.8. The van der Waals surface area contributed by atoms with Gasteiger partial charge in [-0.05, 0) is 87.0 Å². The molecular weight excluding hydrogens is 679 g/mol. The summed E-state index contributed by atoms with van der Waals surface area (Å²) < 4.78 is 17.5. The molecule has 52 heavy (non-hydrogen) atoms. The van der Waals surface area contributed by atoms with Crippen LogP contribution in [0.5, 0.6) is 5.75 Å². The second-order valence-corrected chi connectivity index (χ2v) is 14.4. The predicted molar refractivity (Wildman–Crippen MR) is 200 cm³/mol. The Morgan fingerprint density at radius 1 is 0.981 bits per heavy atom. The zero-order chi connectivity index (χ0) is 36.8. The number of likely N-dealkylation sites (tertiary alicyclic amines) is 1. The molecule has 11 nitrogen and oxygen atoms in total. The first-order chi connectivity index (χ1) is 25.0. The van der Waals surface area contributed by atoms with Crippen LogP contribution in [-0.4, -0.2) is 66.4 Å². The highest BCUT2D eigenvalue weighted by atomic mass is 32.1. The van der Waals surface area contributed by atoms with E-state index < -0.39 is 17.6 Å². The fourth-order valence-electron chi connectivity index (χ4n) is 5.99. The van der Waals surface area contributed by atoms with Crippen LogP contribution in [0.1, 0.15) is 59.2 Å². The van der Waals surface area contributed by atoms with Crippen molar-refractivity contribution in [3.63, 3.8) is 0 Å². The van der Waals surface area contributed by atoms with E-state index >= 15 is 0 Å². The molecule has 1 fully saturated rings. The Bertz CT molecular complexity index is 2130. The van der Waals surface area contributed by atoms with E-state index in [9.17, 15) is 19.6 Å². The number of methoxy groups -OCH3 is 1. The van der Waals surface area contributed by atoms with Gasteiger partial charge in [0.05, 0.1) is 10.6 Å². The van der Waals surface area contributed by atoms with Crippen molar-refractivity contribution in [2.24, 2.45) is 0 Å². The Morgan fingerprint density at radius 2 is 1.77 bits per heavy atom. The summed E-state index contributed by atoms with van der Waals surface area (Å²) in [5.74, 6) is -0.158. The van der Waals surface area contributed by atoms with E-state index in [-0.39, 0.29) is 30.1 Å². The van der Waals surface area contributed by atoms with E-state index in [4.69, 9.17) is 19.2 Å². The highest BCUT2D eigenvalue weighted by molar-refractivity contribution is 7.20. The number of anilines is 1. The summed E-state index contributed by atoms with van der Waals surface area (Å²) in [5.41, 5.74) is 1.96. The Morgan fingerprint density at radius 3 is 2.54 bits per heavy atom. The highest BCUT2D eigenvalue weighted by Gasteiger charge is 2.29. The van der Waals surface area contributed by atoms with Crippen molar-refractivity contribution in [2.45, 2.75) is 45.3 Å². The number of fused-ring (bicyclic) bond motifs is 1. The topological polar surface area (TPSA) is 143 Å². The smallest absolute Gasteiger partial charge is 0.410 e. The molecule has 0 spiro atoms. The molecule has 6 rings (SSSR count). The van der Waals surface area contributed by atoms with Crippen molar-refractivity contribution in [3.05, 3.63) is 101 Å². The lowest BCUT2D eigenvalue weighted by Crippen LogP contribution is -2.50. The normalized spacial score (nSPS) is 14.4. The summed E-state index contributed by atoms with van der Waals surface area (Å²) in [5, 5.41) is 17.4. The Labute approximate surface area is 306 Å². The van der Waals surface area contributed by atoms with Gasteiger partial charge in [0.15, 0.2) is 12.6 Å². The quantitative estimate of drug-likeness (QED) is 0.147. The van der Waals surface area contributed by atoms with Crippen molar-refractivity contribution in [2.75, 3.05) is 32.3 Å². The summed E-state index contributed by atoms with van der Waals surface area (Å²) in [4.78, 5) is 46.8. The minimum Gasteiger partial charge on any atom is -0.467 e. The number of nitrogens with zero attached hydrogens (tertiary/aromatic N) is 3. The second kappa shape index (κ2) is 15.6. The SMILES string of the molecule is COCOc1ccccc1-c1cc(-c2cccc(C(=O)NC3CCCN(C(=O)OC(C)(C)C)C3)c2)c(C#N)c(NC(=O)c2cc3ccccc3s2)n1. The van der Waals surface area contributed by atoms with Crippen LogP contribution in [-0.2, 0) is 9.47 Å². The second-order valence-electron chi connectivity index (χ2n) is 13.4. The van der Waals surface area contributed by atoms with Crippen LogP contribution in [0, 0.1) is 11.3 Å². The number of thiophene rings is 1.